The van der Waals surface area contributed by atoms with Crippen molar-refractivity contribution in [3.63, 3.8) is 0 Å². The molecule has 0 aliphatic heterocycles. The number of sulfonamides is 2. The standard InChI is InChI=1S/C25H33F3N4O4S2/c26-25(27,28)38(35,36)32-37(33,34)24-13-11-20(12-14-24)31-23-16-21(29-18-7-3-1-4-8-18)15-22(17-23)30-19-9-5-2-6-10-19/h11-19,29-32H,1-10H2. The fraction of sp³-hybridized carbons (Fsp3) is 0.520. The van der Waals surface area contributed by atoms with E-state index in [2.05, 4.69) is 22.0 Å². The lowest BCUT2D eigenvalue weighted by atomic mass is 9.95. The average molecular weight is 575 g/mol. The van der Waals surface area contributed by atoms with Gasteiger partial charge in [0.15, 0.2) is 0 Å². The van der Waals surface area contributed by atoms with Crippen LogP contribution >= 0.6 is 0 Å². The molecule has 0 bridgehead atoms. The molecule has 4 N–H and O–H groups in total. The molecule has 210 valence electrons. The predicted octanol–water partition coefficient (Wildman–Crippen LogP) is 6.05. The number of alkyl halides is 3. The minimum absolute atomic E-state index is 0.395. The highest BCUT2D eigenvalue weighted by atomic mass is 32.3. The van der Waals surface area contributed by atoms with E-state index >= 15 is 0 Å². The van der Waals surface area contributed by atoms with Gasteiger partial charge in [0.05, 0.1) is 4.90 Å². The maximum atomic E-state index is 12.6. The summed E-state index contributed by atoms with van der Waals surface area (Å²) in [6, 6.07) is 11.6. The zero-order chi connectivity index (χ0) is 27.4. The molecule has 2 aliphatic carbocycles. The van der Waals surface area contributed by atoms with Gasteiger partial charge in [-0.3, -0.25) is 0 Å². The summed E-state index contributed by atoms with van der Waals surface area (Å²) in [4.78, 5) is -0.608. The minimum Gasteiger partial charge on any atom is -0.382 e. The largest absolute Gasteiger partial charge is 0.512 e. The SMILES string of the molecule is O=S(=O)(NS(=O)(=O)C(F)(F)F)c1ccc(Nc2cc(NC3CCCCC3)cc(NC3CCCCC3)c2)cc1. The van der Waals surface area contributed by atoms with Gasteiger partial charge in [-0.15, -0.1) is 0 Å². The van der Waals surface area contributed by atoms with Gasteiger partial charge in [-0.25, -0.2) is 16.8 Å². The van der Waals surface area contributed by atoms with E-state index in [1.165, 1.54) is 50.7 Å². The number of halogens is 3. The molecule has 2 fully saturated rings. The number of anilines is 4. The Morgan fingerprint density at radius 2 is 1.08 bits per heavy atom. The number of nitrogens with one attached hydrogen (secondary N) is 4. The molecule has 2 saturated carbocycles. The zero-order valence-corrected chi connectivity index (χ0v) is 22.5. The van der Waals surface area contributed by atoms with Gasteiger partial charge in [-0.1, -0.05) is 42.7 Å². The van der Waals surface area contributed by atoms with Crippen molar-refractivity contribution >= 4 is 42.8 Å². The Kier molecular flexibility index (Phi) is 8.78. The molecule has 0 amide bonds. The van der Waals surface area contributed by atoms with Crippen LogP contribution in [0.4, 0.5) is 35.9 Å². The fourth-order valence-electron chi connectivity index (χ4n) is 4.96. The number of hydrogen-bond acceptors (Lipinski definition) is 7. The van der Waals surface area contributed by atoms with Crippen LogP contribution in [0, 0.1) is 0 Å². The quantitative estimate of drug-likeness (QED) is 0.288. The summed E-state index contributed by atoms with van der Waals surface area (Å²) < 4.78 is 85.5. The van der Waals surface area contributed by atoms with Gasteiger partial charge in [-0.05, 0) is 68.1 Å². The summed E-state index contributed by atoms with van der Waals surface area (Å²) in [7, 11) is -11.0. The molecule has 0 atom stereocenters. The van der Waals surface area contributed by atoms with Crippen molar-refractivity contribution in [1.29, 1.82) is 0 Å². The Labute approximate surface area is 221 Å². The van der Waals surface area contributed by atoms with Crippen LogP contribution in [0.5, 0.6) is 0 Å². The van der Waals surface area contributed by atoms with E-state index in [0.29, 0.717) is 17.8 Å². The Hall–Kier alpha value is -2.51. The molecule has 2 aromatic carbocycles. The molecule has 0 spiro atoms. The van der Waals surface area contributed by atoms with E-state index < -0.39 is 30.5 Å². The van der Waals surface area contributed by atoms with Crippen LogP contribution in [0.1, 0.15) is 64.2 Å². The smallest absolute Gasteiger partial charge is 0.382 e. The van der Waals surface area contributed by atoms with Gasteiger partial charge in [0.2, 0.25) is 0 Å². The van der Waals surface area contributed by atoms with Crippen molar-refractivity contribution < 1.29 is 30.0 Å². The van der Waals surface area contributed by atoms with Gasteiger partial charge in [0.1, 0.15) is 0 Å². The summed E-state index contributed by atoms with van der Waals surface area (Å²) >= 11 is 0. The van der Waals surface area contributed by atoms with E-state index in [9.17, 15) is 30.0 Å². The molecule has 13 heteroatoms. The maximum absolute atomic E-state index is 12.6. The molecule has 0 heterocycles. The Balaban J connectivity index is 1.52. The lowest BCUT2D eigenvalue weighted by molar-refractivity contribution is -0.0441. The molecule has 2 aliphatic rings. The molecular formula is C25H33F3N4O4S2. The topological polar surface area (TPSA) is 116 Å². The van der Waals surface area contributed by atoms with Crippen molar-refractivity contribution in [3.8, 4) is 0 Å². The van der Waals surface area contributed by atoms with Crippen LogP contribution in [-0.4, -0.2) is 34.4 Å². The van der Waals surface area contributed by atoms with Crippen molar-refractivity contribution in [3.05, 3.63) is 42.5 Å². The first kappa shape index (κ1) is 28.5. The van der Waals surface area contributed by atoms with E-state index in [1.54, 1.807) is 0 Å². The van der Waals surface area contributed by atoms with E-state index in [0.717, 1.165) is 59.0 Å². The maximum Gasteiger partial charge on any atom is 0.512 e. The van der Waals surface area contributed by atoms with E-state index in [-0.39, 0.29) is 0 Å². The molecule has 8 nitrogen and oxygen atoms in total. The second-order valence-corrected chi connectivity index (χ2v) is 13.6. The average Bonchev–Trinajstić information content (AvgIpc) is 2.84. The van der Waals surface area contributed by atoms with Crippen molar-refractivity contribution in [1.82, 2.24) is 4.13 Å². The zero-order valence-electron chi connectivity index (χ0n) is 20.9. The molecule has 4 rings (SSSR count). The van der Waals surface area contributed by atoms with Crippen molar-refractivity contribution in [2.45, 2.75) is 86.7 Å². The van der Waals surface area contributed by atoms with Gasteiger partial charge < -0.3 is 16.0 Å². The van der Waals surface area contributed by atoms with E-state index in [4.69, 9.17) is 0 Å². The highest BCUT2D eigenvalue weighted by molar-refractivity contribution is 8.05. The Morgan fingerprint density at radius 1 is 0.632 bits per heavy atom. The summed E-state index contributed by atoms with van der Waals surface area (Å²) in [5.41, 5.74) is -2.60. The second-order valence-electron chi connectivity index (χ2n) is 9.94. The van der Waals surface area contributed by atoms with Crippen LogP contribution in [-0.2, 0) is 20.0 Å². The third kappa shape index (κ3) is 7.54. The lowest BCUT2D eigenvalue weighted by Gasteiger charge is -2.27. The molecule has 0 radical (unpaired) electrons. The van der Waals surface area contributed by atoms with Crippen LogP contribution < -0.4 is 20.1 Å². The van der Waals surface area contributed by atoms with Crippen LogP contribution in [0.3, 0.4) is 0 Å². The third-order valence-electron chi connectivity index (χ3n) is 6.86. The van der Waals surface area contributed by atoms with Crippen LogP contribution in [0.15, 0.2) is 47.4 Å². The summed E-state index contributed by atoms with van der Waals surface area (Å²) in [5.74, 6) is 0. The molecule has 0 aromatic heterocycles. The van der Waals surface area contributed by atoms with Crippen molar-refractivity contribution in [2.24, 2.45) is 0 Å². The first-order valence-corrected chi connectivity index (χ1v) is 15.8. The number of rotatable bonds is 9. The third-order valence-corrected chi connectivity index (χ3v) is 10.1. The van der Waals surface area contributed by atoms with Gasteiger partial charge in [-0.2, -0.15) is 13.2 Å². The predicted molar refractivity (Wildman–Crippen MR) is 142 cm³/mol. The van der Waals surface area contributed by atoms with Crippen LogP contribution in [0.2, 0.25) is 0 Å². The number of benzene rings is 2. The normalized spacial score (nSPS) is 18.2. The molecular weight excluding hydrogens is 541 g/mol. The number of hydrogen-bond donors (Lipinski definition) is 4. The summed E-state index contributed by atoms with van der Waals surface area (Å²) in [6.07, 6.45) is 11.7. The molecule has 0 saturated heterocycles. The molecule has 0 unspecified atom stereocenters. The van der Waals surface area contributed by atoms with E-state index in [1.807, 2.05) is 12.1 Å². The summed E-state index contributed by atoms with van der Waals surface area (Å²) in [6.45, 7) is 0. The van der Waals surface area contributed by atoms with Gasteiger partial charge in [0.25, 0.3) is 10.0 Å². The van der Waals surface area contributed by atoms with Gasteiger partial charge in [0, 0.05) is 34.8 Å². The lowest BCUT2D eigenvalue weighted by Crippen LogP contribution is -2.40. The molecule has 38 heavy (non-hydrogen) atoms. The minimum atomic E-state index is -6.06. The molecule has 2 aromatic rings. The Morgan fingerprint density at radius 3 is 1.53 bits per heavy atom. The summed E-state index contributed by atoms with van der Waals surface area (Å²) in [5, 5.41) is 10.5. The fourth-order valence-corrected chi connectivity index (χ4v) is 7.37. The highest BCUT2D eigenvalue weighted by Gasteiger charge is 2.48. The van der Waals surface area contributed by atoms with Crippen LogP contribution in [0.25, 0.3) is 0 Å². The Bertz CT molecular complexity index is 1270. The monoisotopic (exact) mass is 574 g/mol. The van der Waals surface area contributed by atoms with Gasteiger partial charge >= 0.3 is 15.5 Å². The van der Waals surface area contributed by atoms with Crippen molar-refractivity contribution in [2.75, 3.05) is 16.0 Å². The first-order valence-electron chi connectivity index (χ1n) is 12.8. The second kappa shape index (κ2) is 11.7. The highest BCUT2D eigenvalue weighted by Crippen LogP contribution is 2.31. The first-order chi connectivity index (χ1) is 17.9.